The van der Waals surface area contributed by atoms with Crippen LogP contribution in [-0.4, -0.2) is 31.0 Å². The van der Waals surface area contributed by atoms with Gasteiger partial charge in [0.25, 0.3) is 0 Å². The molecule has 0 saturated carbocycles. The Bertz CT molecular complexity index is 238. The molecule has 0 heterocycles. The molecule has 1 atom stereocenters. The fourth-order valence-corrected chi connectivity index (χ4v) is 1.68. The van der Waals surface area contributed by atoms with E-state index in [9.17, 15) is 4.79 Å². The molecule has 0 aliphatic heterocycles. The smallest absolute Gasteiger partial charge is 0.154 e. The summed E-state index contributed by atoms with van der Waals surface area (Å²) in [5, 5.41) is 8.14. The third-order valence-electron chi connectivity index (χ3n) is 2.50. The molecule has 0 bridgehead atoms. The van der Waals surface area contributed by atoms with Crippen LogP contribution in [0.25, 0.3) is 0 Å². The number of nitrogens with zero attached hydrogens (tertiary/aromatic N) is 1. The van der Waals surface area contributed by atoms with E-state index in [2.05, 4.69) is 18.7 Å². The summed E-state index contributed by atoms with van der Waals surface area (Å²) in [6.45, 7) is 7.25. The number of ether oxygens (including phenoxy) is 2. The van der Waals surface area contributed by atoms with Crippen LogP contribution in [0.15, 0.2) is 0 Å². The fraction of sp³-hybridized carbons (Fsp3) is 0.867. The fourth-order valence-electron chi connectivity index (χ4n) is 1.50. The van der Waals surface area contributed by atoms with Gasteiger partial charge < -0.3 is 14.3 Å². The summed E-state index contributed by atoms with van der Waals surface area (Å²) in [6, 6.07) is 2.11. The zero-order chi connectivity index (χ0) is 15.6. The van der Waals surface area contributed by atoms with Crippen molar-refractivity contribution in [1.29, 1.82) is 5.26 Å². The second-order valence-corrected chi connectivity index (χ2v) is 4.96. The number of carbonyl (C=O) groups excluding carboxylic acids is 1. The van der Waals surface area contributed by atoms with E-state index in [1.54, 1.807) is 0 Å². The summed E-state index contributed by atoms with van der Waals surface area (Å²) in [4.78, 5) is 10.2. The largest absolute Gasteiger partial charge is 0.353 e. The maximum atomic E-state index is 10.2. The van der Waals surface area contributed by atoms with E-state index in [1.165, 1.54) is 0 Å². The lowest BCUT2D eigenvalue weighted by Crippen LogP contribution is -2.11. The predicted molar refractivity (Wildman–Crippen MR) is 84.9 cm³/mol. The van der Waals surface area contributed by atoms with Crippen LogP contribution in [0.1, 0.15) is 59.3 Å². The van der Waals surface area contributed by atoms with E-state index in [1.807, 2.05) is 20.8 Å². The Hall–Kier alpha value is -0.570. The zero-order valence-corrected chi connectivity index (χ0v) is 13.9. The molecule has 118 valence electrons. The summed E-state index contributed by atoms with van der Waals surface area (Å²) < 4.78 is 10.1. The lowest BCUT2D eigenvalue weighted by molar-refractivity contribution is -0.123. The van der Waals surface area contributed by atoms with Crippen LogP contribution in [0, 0.1) is 11.3 Å². The Kier molecular flexibility index (Phi) is 20.0. The standard InChI is InChI=1S/C9H15NOS.C6H14O2/c10-7-5-3-1-2-4-6-9(12)8-11;1-4-7-6(3)8-5-2/h8-9,12H,1-6H2;6H,4-5H2,1-3H3. The molecule has 0 aromatic carbocycles. The molecule has 1 unspecified atom stereocenters. The molecule has 20 heavy (non-hydrogen) atoms. The molecule has 5 heteroatoms. The van der Waals surface area contributed by atoms with Gasteiger partial charge in [-0.15, -0.1) is 0 Å². The summed E-state index contributed by atoms with van der Waals surface area (Å²) in [5.41, 5.74) is 0. The third kappa shape index (κ3) is 19.8. The Balaban J connectivity index is 0. The number of rotatable bonds is 11. The molecule has 0 aromatic rings. The molecule has 0 aliphatic rings. The molecule has 0 rings (SSSR count). The second kappa shape index (κ2) is 18.4. The minimum Gasteiger partial charge on any atom is -0.353 e. The van der Waals surface area contributed by atoms with Gasteiger partial charge in [-0.3, -0.25) is 0 Å². The van der Waals surface area contributed by atoms with Gasteiger partial charge in [0.1, 0.15) is 6.29 Å². The summed E-state index contributed by atoms with van der Waals surface area (Å²) >= 11 is 4.05. The van der Waals surface area contributed by atoms with Crippen LogP contribution in [0.3, 0.4) is 0 Å². The van der Waals surface area contributed by atoms with Crippen LogP contribution in [0.4, 0.5) is 0 Å². The van der Waals surface area contributed by atoms with E-state index >= 15 is 0 Å². The number of hydrogen-bond donors (Lipinski definition) is 1. The van der Waals surface area contributed by atoms with Crippen LogP contribution >= 0.6 is 12.6 Å². The zero-order valence-electron chi connectivity index (χ0n) is 13.0. The van der Waals surface area contributed by atoms with Crippen LogP contribution in [0.2, 0.25) is 0 Å². The average molecular weight is 303 g/mol. The second-order valence-electron chi connectivity index (χ2n) is 4.29. The van der Waals surface area contributed by atoms with Crippen molar-refractivity contribution in [3.8, 4) is 6.07 Å². The van der Waals surface area contributed by atoms with E-state index in [4.69, 9.17) is 14.7 Å². The van der Waals surface area contributed by atoms with Gasteiger partial charge in [0.05, 0.1) is 11.3 Å². The molecule has 0 aliphatic carbocycles. The highest BCUT2D eigenvalue weighted by Gasteiger charge is 1.98. The first kappa shape index (κ1) is 21.7. The SMILES string of the molecule is CCOC(C)OCC.N#CCCCCCCC(S)C=O. The number of unbranched alkanes of at least 4 members (excludes halogenated alkanes) is 4. The molecule has 0 N–H and O–H groups in total. The molecule has 4 nitrogen and oxygen atoms in total. The van der Waals surface area contributed by atoms with Crippen molar-refractivity contribution in [2.75, 3.05) is 13.2 Å². The van der Waals surface area contributed by atoms with Gasteiger partial charge in [-0.25, -0.2) is 0 Å². The Morgan fingerprint density at radius 1 is 1.15 bits per heavy atom. The Morgan fingerprint density at radius 2 is 1.70 bits per heavy atom. The minimum absolute atomic E-state index is 0.0370. The van der Waals surface area contributed by atoms with Crippen molar-refractivity contribution < 1.29 is 14.3 Å². The molecular weight excluding hydrogens is 274 g/mol. The monoisotopic (exact) mass is 303 g/mol. The average Bonchev–Trinajstić information content (AvgIpc) is 2.43. The number of nitriles is 1. The number of carbonyl (C=O) groups is 1. The first-order chi connectivity index (χ1) is 9.62. The van der Waals surface area contributed by atoms with Gasteiger partial charge in [0.15, 0.2) is 6.29 Å². The van der Waals surface area contributed by atoms with Gasteiger partial charge >= 0.3 is 0 Å². The topological polar surface area (TPSA) is 59.3 Å². The lowest BCUT2D eigenvalue weighted by Gasteiger charge is -2.09. The normalized spacial score (nSPS) is 11.4. The maximum absolute atomic E-state index is 10.2. The molecule has 0 radical (unpaired) electrons. The highest BCUT2D eigenvalue weighted by molar-refractivity contribution is 7.81. The van der Waals surface area contributed by atoms with Gasteiger partial charge in [0, 0.05) is 19.6 Å². The van der Waals surface area contributed by atoms with Crippen molar-refractivity contribution in [3.63, 3.8) is 0 Å². The number of thiol groups is 1. The quantitative estimate of drug-likeness (QED) is 0.273. The molecule has 0 amide bonds. The highest BCUT2D eigenvalue weighted by Crippen LogP contribution is 2.08. The summed E-state index contributed by atoms with van der Waals surface area (Å²) in [5.74, 6) is 0. The highest BCUT2D eigenvalue weighted by atomic mass is 32.1. The van der Waals surface area contributed by atoms with Gasteiger partial charge in [-0.05, 0) is 33.6 Å². The molecular formula is C15H29NO3S. The van der Waals surface area contributed by atoms with E-state index in [-0.39, 0.29) is 11.5 Å². The van der Waals surface area contributed by atoms with E-state index in [0.717, 1.165) is 51.6 Å². The van der Waals surface area contributed by atoms with Crippen molar-refractivity contribution in [1.82, 2.24) is 0 Å². The Morgan fingerprint density at radius 3 is 2.15 bits per heavy atom. The number of aldehydes is 1. The van der Waals surface area contributed by atoms with Crippen LogP contribution in [-0.2, 0) is 14.3 Å². The van der Waals surface area contributed by atoms with Gasteiger partial charge in [-0.1, -0.05) is 19.3 Å². The van der Waals surface area contributed by atoms with Crippen molar-refractivity contribution in [2.24, 2.45) is 0 Å². The first-order valence-electron chi connectivity index (χ1n) is 7.35. The minimum atomic E-state index is -0.0963. The predicted octanol–water partition coefficient (Wildman–Crippen LogP) is 3.75. The van der Waals surface area contributed by atoms with Crippen LogP contribution < -0.4 is 0 Å². The maximum Gasteiger partial charge on any atom is 0.154 e. The van der Waals surface area contributed by atoms with Gasteiger partial charge in [0.2, 0.25) is 0 Å². The molecule has 0 fully saturated rings. The third-order valence-corrected chi connectivity index (χ3v) is 2.88. The number of hydrogen-bond acceptors (Lipinski definition) is 5. The van der Waals surface area contributed by atoms with E-state index < -0.39 is 0 Å². The lowest BCUT2D eigenvalue weighted by atomic mass is 10.1. The summed E-state index contributed by atoms with van der Waals surface area (Å²) in [7, 11) is 0. The van der Waals surface area contributed by atoms with Crippen molar-refractivity contribution >= 4 is 18.9 Å². The Labute approximate surface area is 129 Å². The summed E-state index contributed by atoms with van der Waals surface area (Å²) in [6.07, 6.45) is 6.56. The van der Waals surface area contributed by atoms with Gasteiger partial charge in [-0.2, -0.15) is 17.9 Å². The van der Waals surface area contributed by atoms with Crippen LogP contribution in [0.5, 0.6) is 0 Å². The first-order valence-corrected chi connectivity index (χ1v) is 7.87. The van der Waals surface area contributed by atoms with Crippen molar-refractivity contribution in [2.45, 2.75) is 70.8 Å². The molecule has 0 spiro atoms. The molecule has 0 aromatic heterocycles. The van der Waals surface area contributed by atoms with Crippen molar-refractivity contribution in [3.05, 3.63) is 0 Å². The molecule has 0 saturated heterocycles. The van der Waals surface area contributed by atoms with E-state index in [0.29, 0.717) is 6.42 Å².